The minimum absolute atomic E-state index is 0.178. The summed E-state index contributed by atoms with van der Waals surface area (Å²) in [5.74, 6) is -0.649. The van der Waals surface area contributed by atoms with Crippen molar-refractivity contribution < 1.29 is 9.18 Å². The molecule has 1 heterocycles. The highest BCUT2D eigenvalue weighted by atomic mass is 19.1. The zero-order chi connectivity index (χ0) is 14.5. The van der Waals surface area contributed by atoms with E-state index in [-0.39, 0.29) is 11.5 Å². The molecule has 0 spiro atoms. The van der Waals surface area contributed by atoms with E-state index >= 15 is 0 Å². The second-order valence-corrected chi connectivity index (χ2v) is 5.26. The fraction of sp³-hybridized carbons (Fsp3) is 0.533. The Morgan fingerprint density at radius 2 is 2.10 bits per heavy atom. The Kier molecular flexibility index (Phi) is 5.09. The first-order valence-corrected chi connectivity index (χ1v) is 7.09. The van der Waals surface area contributed by atoms with E-state index in [0.717, 1.165) is 31.6 Å². The minimum atomic E-state index is -0.441. The molecule has 2 N–H and O–H groups in total. The van der Waals surface area contributed by atoms with E-state index < -0.39 is 5.82 Å². The lowest BCUT2D eigenvalue weighted by atomic mass is 10.1. The SMILES string of the molecule is Cc1ccc(F)c(C(=O)N2CCCN(CCN)CC2)c1. The molecule has 1 saturated heterocycles. The molecule has 1 aromatic rings. The van der Waals surface area contributed by atoms with Crippen molar-refractivity contribution in [2.24, 2.45) is 5.73 Å². The van der Waals surface area contributed by atoms with Crippen LogP contribution in [0.15, 0.2) is 18.2 Å². The highest BCUT2D eigenvalue weighted by Crippen LogP contribution is 2.14. The molecule has 0 aromatic heterocycles. The lowest BCUT2D eigenvalue weighted by Crippen LogP contribution is -2.36. The van der Waals surface area contributed by atoms with E-state index in [2.05, 4.69) is 4.90 Å². The summed E-state index contributed by atoms with van der Waals surface area (Å²) in [4.78, 5) is 16.4. The predicted molar refractivity (Wildman–Crippen MR) is 77.2 cm³/mol. The second-order valence-electron chi connectivity index (χ2n) is 5.26. The first-order valence-electron chi connectivity index (χ1n) is 7.09. The summed E-state index contributed by atoms with van der Waals surface area (Å²) in [5.41, 5.74) is 6.64. The number of carbonyl (C=O) groups is 1. The number of amides is 1. The van der Waals surface area contributed by atoms with Gasteiger partial charge in [0.05, 0.1) is 5.56 Å². The molecule has 1 aliphatic rings. The molecule has 0 saturated carbocycles. The van der Waals surface area contributed by atoms with Crippen molar-refractivity contribution in [3.05, 3.63) is 35.1 Å². The summed E-state index contributed by atoms with van der Waals surface area (Å²) < 4.78 is 13.8. The topological polar surface area (TPSA) is 49.6 Å². The molecule has 2 rings (SSSR count). The molecule has 20 heavy (non-hydrogen) atoms. The van der Waals surface area contributed by atoms with E-state index in [4.69, 9.17) is 5.73 Å². The molecule has 1 aliphatic heterocycles. The summed E-state index contributed by atoms with van der Waals surface area (Å²) in [6.07, 6.45) is 0.902. The van der Waals surface area contributed by atoms with Gasteiger partial charge in [0.15, 0.2) is 0 Å². The van der Waals surface area contributed by atoms with Gasteiger partial charge in [-0.15, -0.1) is 0 Å². The fourth-order valence-corrected chi connectivity index (χ4v) is 2.55. The molecule has 110 valence electrons. The van der Waals surface area contributed by atoms with Crippen molar-refractivity contribution in [3.63, 3.8) is 0 Å². The van der Waals surface area contributed by atoms with Crippen molar-refractivity contribution >= 4 is 5.91 Å². The summed E-state index contributed by atoms with van der Waals surface area (Å²) in [6, 6.07) is 4.67. The lowest BCUT2D eigenvalue weighted by molar-refractivity contribution is 0.0757. The summed E-state index contributed by atoms with van der Waals surface area (Å²) in [5, 5.41) is 0. The Balaban J connectivity index is 2.07. The largest absolute Gasteiger partial charge is 0.337 e. The van der Waals surface area contributed by atoms with E-state index in [9.17, 15) is 9.18 Å². The molecular formula is C15H22FN3O. The quantitative estimate of drug-likeness (QED) is 0.905. The third kappa shape index (κ3) is 3.55. The van der Waals surface area contributed by atoms with Gasteiger partial charge in [-0.25, -0.2) is 4.39 Å². The number of carbonyl (C=O) groups excluding carboxylic acids is 1. The van der Waals surface area contributed by atoms with Gasteiger partial charge < -0.3 is 15.5 Å². The van der Waals surface area contributed by atoms with Gasteiger partial charge in [-0.3, -0.25) is 4.79 Å². The van der Waals surface area contributed by atoms with Crippen LogP contribution in [0.1, 0.15) is 22.3 Å². The van der Waals surface area contributed by atoms with Crippen molar-refractivity contribution in [1.29, 1.82) is 0 Å². The van der Waals surface area contributed by atoms with Gasteiger partial charge in [-0.1, -0.05) is 11.6 Å². The lowest BCUT2D eigenvalue weighted by Gasteiger charge is -2.22. The molecular weight excluding hydrogens is 257 g/mol. The average molecular weight is 279 g/mol. The monoisotopic (exact) mass is 279 g/mol. The Morgan fingerprint density at radius 3 is 2.85 bits per heavy atom. The van der Waals surface area contributed by atoms with Gasteiger partial charge in [0.1, 0.15) is 5.82 Å². The molecule has 0 radical (unpaired) electrons. The van der Waals surface area contributed by atoms with Crippen LogP contribution in [-0.2, 0) is 0 Å². The molecule has 1 fully saturated rings. The molecule has 4 nitrogen and oxygen atoms in total. The predicted octanol–water partition coefficient (Wildman–Crippen LogP) is 1.24. The first-order chi connectivity index (χ1) is 9.61. The number of hydrogen-bond acceptors (Lipinski definition) is 3. The number of nitrogens with zero attached hydrogens (tertiary/aromatic N) is 2. The second kappa shape index (κ2) is 6.81. The van der Waals surface area contributed by atoms with Crippen molar-refractivity contribution in [2.45, 2.75) is 13.3 Å². The molecule has 0 unspecified atom stereocenters. The van der Waals surface area contributed by atoms with E-state index in [1.165, 1.54) is 6.07 Å². The fourth-order valence-electron chi connectivity index (χ4n) is 2.55. The standard InChI is InChI=1S/C15H22FN3O/c1-12-3-4-14(16)13(11-12)15(20)19-7-2-6-18(8-5-17)9-10-19/h3-4,11H,2,5-10,17H2,1H3. The van der Waals surface area contributed by atoms with Gasteiger partial charge in [-0.2, -0.15) is 0 Å². The van der Waals surface area contributed by atoms with Crippen LogP contribution in [0.2, 0.25) is 0 Å². The van der Waals surface area contributed by atoms with Crippen molar-refractivity contribution in [1.82, 2.24) is 9.80 Å². The Morgan fingerprint density at radius 1 is 1.30 bits per heavy atom. The summed E-state index contributed by atoms with van der Waals surface area (Å²) >= 11 is 0. The zero-order valence-corrected chi connectivity index (χ0v) is 11.9. The minimum Gasteiger partial charge on any atom is -0.337 e. The van der Waals surface area contributed by atoms with Crippen LogP contribution in [0.3, 0.4) is 0 Å². The number of halogens is 1. The molecule has 0 atom stereocenters. The first kappa shape index (κ1) is 14.9. The third-order valence-electron chi connectivity index (χ3n) is 3.67. The van der Waals surface area contributed by atoms with Crippen molar-refractivity contribution in [2.75, 3.05) is 39.3 Å². The van der Waals surface area contributed by atoms with Crippen LogP contribution in [0.4, 0.5) is 4.39 Å². The van der Waals surface area contributed by atoms with Crippen LogP contribution >= 0.6 is 0 Å². The van der Waals surface area contributed by atoms with E-state index in [1.807, 2.05) is 6.92 Å². The maximum absolute atomic E-state index is 13.8. The summed E-state index contributed by atoms with van der Waals surface area (Å²) in [7, 11) is 0. The molecule has 0 bridgehead atoms. The number of benzene rings is 1. The highest BCUT2D eigenvalue weighted by Gasteiger charge is 2.22. The summed E-state index contributed by atoms with van der Waals surface area (Å²) in [6.45, 7) is 6.38. The van der Waals surface area contributed by atoms with Gasteiger partial charge in [0.25, 0.3) is 5.91 Å². The molecule has 5 heteroatoms. The Hall–Kier alpha value is -1.46. The van der Waals surface area contributed by atoms with Gasteiger partial charge in [0, 0.05) is 32.7 Å². The third-order valence-corrected chi connectivity index (χ3v) is 3.67. The highest BCUT2D eigenvalue weighted by molar-refractivity contribution is 5.94. The molecule has 1 amide bonds. The number of rotatable bonds is 3. The molecule has 1 aromatic carbocycles. The van der Waals surface area contributed by atoms with E-state index in [1.54, 1.807) is 17.0 Å². The average Bonchev–Trinajstić information content (AvgIpc) is 2.67. The van der Waals surface area contributed by atoms with Crippen LogP contribution in [0.5, 0.6) is 0 Å². The van der Waals surface area contributed by atoms with Crippen LogP contribution < -0.4 is 5.73 Å². The van der Waals surface area contributed by atoms with E-state index in [0.29, 0.717) is 19.6 Å². The number of aryl methyl sites for hydroxylation is 1. The van der Waals surface area contributed by atoms with Gasteiger partial charge in [-0.05, 0) is 32.0 Å². The Labute approximate surface area is 119 Å². The number of hydrogen-bond donors (Lipinski definition) is 1. The number of nitrogens with two attached hydrogens (primary N) is 1. The van der Waals surface area contributed by atoms with Gasteiger partial charge >= 0.3 is 0 Å². The van der Waals surface area contributed by atoms with Gasteiger partial charge in [0.2, 0.25) is 0 Å². The maximum Gasteiger partial charge on any atom is 0.256 e. The smallest absolute Gasteiger partial charge is 0.256 e. The van der Waals surface area contributed by atoms with Crippen LogP contribution in [0, 0.1) is 12.7 Å². The van der Waals surface area contributed by atoms with Crippen molar-refractivity contribution in [3.8, 4) is 0 Å². The molecule has 0 aliphatic carbocycles. The maximum atomic E-state index is 13.8. The Bertz CT molecular complexity index is 478. The normalized spacial score (nSPS) is 17.1. The van der Waals surface area contributed by atoms with Crippen LogP contribution in [-0.4, -0.2) is 55.0 Å². The zero-order valence-electron chi connectivity index (χ0n) is 11.9. The van der Waals surface area contributed by atoms with Crippen LogP contribution in [0.25, 0.3) is 0 Å².